The molecule has 2 heterocycles. The molecule has 0 radical (unpaired) electrons. The summed E-state index contributed by atoms with van der Waals surface area (Å²) in [5, 5.41) is 1.08. The first-order chi connectivity index (χ1) is 14.9. The molecule has 0 amide bonds. The van der Waals surface area contributed by atoms with E-state index in [-0.39, 0.29) is 24.7 Å². The first kappa shape index (κ1) is 21.8. The molecule has 0 spiro atoms. The van der Waals surface area contributed by atoms with E-state index in [1.54, 1.807) is 7.11 Å². The van der Waals surface area contributed by atoms with E-state index in [0.717, 1.165) is 27.8 Å². The number of hydrogen-bond donors (Lipinski definition) is 2. The normalized spacial score (nSPS) is 21.3. The Morgan fingerprint density at radius 3 is 2.48 bits per heavy atom. The number of H-pyrrole nitrogens is 1. The highest BCUT2D eigenvalue weighted by atomic mass is 32.2. The number of rotatable bonds is 7. The third-order valence-electron chi connectivity index (χ3n) is 5.71. The van der Waals surface area contributed by atoms with Crippen LogP contribution in [-0.4, -0.2) is 56.7 Å². The molecule has 0 saturated carbocycles. The third kappa shape index (κ3) is 4.77. The topological polar surface area (TPSA) is 83.7 Å². The molecule has 1 saturated heterocycles. The lowest BCUT2D eigenvalue weighted by molar-refractivity contribution is -0.0443. The molecule has 0 unspecified atom stereocenters. The molecule has 4 rings (SSSR count). The van der Waals surface area contributed by atoms with Gasteiger partial charge in [0.25, 0.3) is 10.2 Å². The molecule has 2 aromatic carbocycles. The van der Waals surface area contributed by atoms with Crippen LogP contribution in [-0.2, 0) is 14.9 Å². The minimum absolute atomic E-state index is 0.133. The highest BCUT2D eigenvalue weighted by Gasteiger charge is 2.31. The van der Waals surface area contributed by atoms with Crippen LogP contribution in [0.5, 0.6) is 5.75 Å². The van der Waals surface area contributed by atoms with Crippen molar-refractivity contribution in [1.82, 2.24) is 14.0 Å². The predicted molar refractivity (Wildman–Crippen MR) is 122 cm³/mol. The average Bonchev–Trinajstić information content (AvgIpc) is 3.18. The number of hydrogen-bond acceptors (Lipinski definition) is 4. The number of nitrogens with one attached hydrogen (secondary N) is 2. The van der Waals surface area contributed by atoms with E-state index in [4.69, 9.17) is 9.47 Å². The highest BCUT2D eigenvalue weighted by molar-refractivity contribution is 7.87. The van der Waals surface area contributed by atoms with Crippen LogP contribution < -0.4 is 9.46 Å². The molecule has 1 fully saturated rings. The second kappa shape index (κ2) is 9.00. The van der Waals surface area contributed by atoms with Gasteiger partial charge in [-0.25, -0.2) is 4.72 Å². The first-order valence-corrected chi connectivity index (χ1v) is 11.9. The lowest BCUT2D eigenvalue weighted by Gasteiger charge is -2.34. The number of methoxy groups -OCH3 is 1. The van der Waals surface area contributed by atoms with Gasteiger partial charge < -0.3 is 14.5 Å². The lowest BCUT2D eigenvalue weighted by Crippen LogP contribution is -2.52. The zero-order valence-electron chi connectivity index (χ0n) is 18.0. The van der Waals surface area contributed by atoms with Gasteiger partial charge in [-0.15, -0.1) is 0 Å². The molecule has 166 valence electrons. The van der Waals surface area contributed by atoms with Crippen molar-refractivity contribution in [3.05, 3.63) is 65.9 Å². The van der Waals surface area contributed by atoms with Gasteiger partial charge in [-0.05, 0) is 43.2 Å². The van der Waals surface area contributed by atoms with E-state index in [0.29, 0.717) is 13.1 Å². The van der Waals surface area contributed by atoms with E-state index in [9.17, 15) is 8.42 Å². The van der Waals surface area contributed by atoms with Crippen molar-refractivity contribution in [2.24, 2.45) is 0 Å². The summed E-state index contributed by atoms with van der Waals surface area (Å²) in [6.07, 6.45) is 1.70. The summed E-state index contributed by atoms with van der Waals surface area (Å²) in [6.45, 7) is 4.73. The molecule has 3 aromatic rings. The number of benzene rings is 2. The molecule has 1 aliphatic rings. The molecule has 3 atom stereocenters. The molecule has 0 bridgehead atoms. The van der Waals surface area contributed by atoms with Crippen molar-refractivity contribution >= 4 is 21.1 Å². The van der Waals surface area contributed by atoms with Crippen LogP contribution in [0.2, 0.25) is 0 Å². The Morgan fingerprint density at radius 2 is 1.81 bits per heavy atom. The van der Waals surface area contributed by atoms with Gasteiger partial charge in [0.05, 0.1) is 19.3 Å². The summed E-state index contributed by atoms with van der Waals surface area (Å²) < 4.78 is 41.5. The second-order valence-electron chi connectivity index (χ2n) is 8.04. The van der Waals surface area contributed by atoms with Gasteiger partial charge in [0, 0.05) is 42.7 Å². The van der Waals surface area contributed by atoms with Crippen LogP contribution in [0.1, 0.15) is 30.9 Å². The maximum atomic E-state index is 13.1. The monoisotopic (exact) mass is 443 g/mol. The van der Waals surface area contributed by atoms with Crippen molar-refractivity contribution in [1.29, 1.82) is 0 Å². The van der Waals surface area contributed by atoms with Gasteiger partial charge in [0.1, 0.15) is 5.75 Å². The Labute approximate surface area is 183 Å². The summed E-state index contributed by atoms with van der Waals surface area (Å²) in [7, 11) is -2.01. The predicted octanol–water partition coefficient (Wildman–Crippen LogP) is 3.25. The SMILES string of the molecule is COc1ccc([C@@H](CNS(=O)(=O)N2C[C@@H](C)O[C@@H](C)C2)c2c[nH]c3ccccc23)cc1. The summed E-state index contributed by atoms with van der Waals surface area (Å²) in [5.41, 5.74) is 3.08. The van der Waals surface area contributed by atoms with Gasteiger partial charge in [-0.2, -0.15) is 12.7 Å². The largest absolute Gasteiger partial charge is 0.497 e. The van der Waals surface area contributed by atoms with Crippen molar-refractivity contribution in [3.8, 4) is 5.75 Å². The minimum Gasteiger partial charge on any atom is -0.497 e. The number of nitrogens with zero attached hydrogens (tertiary/aromatic N) is 1. The van der Waals surface area contributed by atoms with Crippen molar-refractivity contribution in [3.63, 3.8) is 0 Å². The maximum absolute atomic E-state index is 13.1. The fourth-order valence-electron chi connectivity index (χ4n) is 4.23. The van der Waals surface area contributed by atoms with Crippen LogP contribution >= 0.6 is 0 Å². The van der Waals surface area contributed by atoms with Crippen molar-refractivity contribution < 1.29 is 17.9 Å². The van der Waals surface area contributed by atoms with Crippen LogP contribution in [0.25, 0.3) is 10.9 Å². The zero-order chi connectivity index (χ0) is 22.0. The van der Waals surface area contributed by atoms with Gasteiger partial charge in [0.15, 0.2) is 0 Å². The van der Waals surface area contributed by atoms with Gasteiger partial charge >= 0.3 is 0 Å². The molecule has 7 nitrogen and oxygen atoms in total. The molecule has 31 heavy (non-hydrogen) atoms. The smallest absolute Gasteiger partial charge is 0.279 e. The van der Waals surface area contributed by atoms with Gasteiger partial charge in [-0.1, -0.05) is 30.3 Å². The lowest BCUT2D eigenvalue weighted by atomic mass is 9.91. The molecule has 2 N–H and O–H groups in total. The number of morpholine rings is 1. The highest BCUT2D eigenvalue weighted by Crippen LogP contribution is 2.31. The van der Waals surface area contributed by atoms with E-state index >= 15 is 0 Å². The molecular weight excluding hydrogens is 414 g/mol. The van der Waals surface area contributed by atoms with Crippen molar-refractivity contribution in [2.45, 2.75) is 32.0 Å². The second-order valence-corrected chi connectivity index (χ2v) is 9.80. The van der Waals surface area contributed by atoms with Crippen LogP contribution in [0.3, 0.4) is 0 Å². The Balaban J connectivity index is 1.63. The van der Waals surface area contributed by atoms with Crippen LogP contribution in [0.15, 0.2) is 54.7 Å². The molecule has 1 aromatic heterocycles. The number of aromatic amines is 1. The number of fused-ring (bicyclic) bond motifs is 1. The Bertz CT molecular complexity index is 1120. The van der Waals surface area contributed by atoms with Gasteiger partial charge in [0.2, 0.25) is 0 Å². The molecule has 1 aliphatic heterocycles. The number of aromatic nitrogens is 1. The average molecular weight is 444 g/mol. The van der Waals surface area contributed by atoms with Crippen LogP contribution in [0, 0.1) is 0 Å². The Morgan fingerprint density at radius 1 is 1.13 bits per heavy atom. The summed E-state index contributed by atoms with van der Waals surface area (Å²) >= 11 is 0. The fraction of sp³-hybridized carbons (Fsp3) is 0.391. The molecule has 8 heteroatoms. The minimum atomic E-state index is -3.64. The number of ether oxygens (including phenoxy) is 2. The standard InChI is InChI=1S/C23H29N3O4S/c1-16-14-26(15-17(2)30-16)31(27,28)25-13-21(18-8-10-19(29-3)11-9-18)22-12-24-23-7-5-4-6-20(22)23/h4-12,16-17,21,24-25H,13-15H2,1-3H3/t16-,17+,21-/m1/s1. The first-order valence-electron chi connectivity index (χ1n) is 10.5. The Hall–Kier alpha value is -2.39. The van der Waals surface area contributed by atoms with E-state index < -0.39 is 10.2 Å². The van der Waals surface area contributed by atoms with Crippen molar-refractivity contribution in [2.75, 3.05) is 26.7 Å². The van der Waals surface area contributed by atoms with E-state index in [2.05, 4.69) is 15.8 Å². The Kier molecular flexibility index (Phi) is 6.34. The maximum Gasteiger partial charge on any atom is 0.279 e. The fourth-order valence-corrected chi connectivity index (χ4v) is 5.60. The summed E-state index contributed by atoms with van der Waals surface area (Å²) in [6, 6.07) is 15.8. The number of para-hydroxylation sites is 1. The quantitative estimate of drug-likeness (QED) is 0.587. The summed E-state index contributed by atoms with van der Waals surface area (Å²) in [5.74, 6) is 0.603. The van der Waals surface area contributed by atoms with E-state index in [1.165, 1.54) is 4.31 Å². The van der Waals surface area contributed by atoms with E-state index in [1.807, 2.05) is 62.5 Å². The summed E-state index contributed by atoms with van der Waals surface area (Å²) in [4.78, 5) is 3.30. The van der Waals surface area contributed by atoms with Gasteiger partial charge in [-0.3, -0.25) is 0 Å². The van der Waals surface area contributed by atoms with Crippen LogP contribution in [0.4, 0.5) is 0 Å². The zero-order valence-corrected chi connectivity index (χ0v) is 18.9. The molecular formula is C23H29N3O4S. The third-order valence-corrected chi connectivity index (χ3v) is 7.22. The molecule has 0 aliphatic carbocycles.